The van der Waals surface area contributed by atoms with Crippen LogP contribution in [0.2, 0.25) is 0 Å². The largest absolute Gasteiger partial charge is 0.455 e. The lowest BCUT2D eigenvalue weighted by molar-refractivity contribution is 0.669. The molecule has 0 unspecified atom stereocenters. The molecule has 0 fully saturated rings. The summed E-state index contributed by atoms with van der Waals surface area (Å²) in [5.74, 6) is 1.74. The van der Waals surface area contributed by atoms with Gasteiger partial charge in [0, 0.05) is 21.9 Å². The maximum atomic E-state index is 6.55. The minimum Gasteiger partial charge on any atom is -0.455 e. The molecule has 12 aromatic rings. The smallest absolute Gasteiger partial charge is 0.167 e. The highest BCUT2D eigenvalue weighted by Gasteiger charge is 2.20. The number of hydrogen-bond acceptors (Lipinski definition) is 4. The molecular weight excluding hydrogens is 719 g/mol. The number of furan rings is 1. The molecular formula is C55H33N3O. The molecule has 0 saturated carbocycles. The van der Waals surface area contributed by atoms with Gasteiger partial charge in [0.1, 0.15) is 11.2 Å². The summed E-state index contributed by atoms with van der Waals surface area (Å²) >= 11 is 0. The molecule has 0 saturated heterocycles. The van der Waals surface area contributed by atoms with Gasteiger partial charge in [-0.15, -0.1) is 0 Å². The molecule has 0 aliphatic rings. The van der Waals surface area contributed by atoms with Gasteiger partial charge in [-0.1, -0.05) is 164 Å². The number of nitrogens with zero attached hydrogens (tertiary/aromatic N) is 3. The third-order valence-corrected chi connectivity index (χ3v) is 11.7. The standard InChI is InChI=1S/C55H33N3O/c1-2-14-35-31-38(28-27-34(35)13-1)41-29-30-48(44-21-7-5-20-43(41)44)54-56-53(57-55(58-54)49-25-12-24-47-46-23-9-10-26-51(46)59-52(47)49)39-17-11-16-36(32-39)50-33-37-15-3-4-18-40(37)42-19-6-8-22-45(42)50/h1-33H. The highest BCUT2D eigenvalue weighted by molar-refractivity contribution is 6.14. The molecule has 274 valence electrons. The van der Waals surface area contributed by atoms with E-state index in [1.807, 2.05) is 24.3 Å². The molecule has 4 heteroatoms. The first-order valence-corrected chi connectivity index (χ1v) is 19.9. The number of rotatable bonds is 5. The van der Waals surface area contributed by atoms with Crippen LogP contribution < -0.4 is 0 Å². The zero-order chi connectivity index (χ0) is 38.9. The van der Waals surface area contributed by atoms with Gasteiger partial charge < -0.3 is 4.42 Å². The van der Waals surface area contributed by atoms with Crippen LogP contribution in [0, 0.1) is 0 Å². The lowest BCUT2D eigenvalue weighted by Gasteiger charge is -2.14. The van der Waals surface area contributed by atoms with Crippen LogP contribution in [0.5, 0.6) is 0 Å². The monoisotopic (exact) mass is 751 g/mol. The van der Waals surface area contributed by atoms with Gasteiger partial charge in [-0.05, 0) is 102 Å². The average Bonchev–Trinajstić information content (AvgIpc) is 3.70. The average molecular weight is 752 g/mol. The summed E-state index contributed by atoms with van der Waals surface area (Å²) in [6, 6.07) is 70.6. The fourth-order valence-electron chi connectivity index (χ4n) is 8.89. The van der Waals surface area contributed by atoms with E-state index in [9.17, 15) is 0 Å². The first-order valence-electron chi connectivity index (χ1n) is 19.9. The van der Waals surface area contributed by atoms with E-state index >= 15 is 0 Å². The minimum absolute atomic E-state index is 0.555. The quantitative estimate of drug-likeness (QED) is 0.164. The Morgan fingerprint density at radius 1 is 0.271 bits per heavy atom. The normalized spacial score (nSPS) is 11.7. The van der Waals surface area contributed by atoms with E-state index in [0.29, 0.717) is 17.5 Å². The Labute approximate surface area is 339 Å². The van der Waals surface area contributed by atoms with Crippen molar-refractivity contribution in [3.8, 4) is 56.4 Å². The molecule has 0 bridgehead atoms. The molecule has 0 radical (unpaired) electrons. The van der Waals surface area contributed by atoms with Crippen LogP contribution in [-0.4, -0.2) is 15.0 Å². The zero-order valence-electron chi connectivity index (χ0n) is 31.8. The van der Waals surface area contributed by atoms with Crippen molar-refractivity contribution < 1.29 is 4.42 Å². The van der Waals surface area contributed by atoms with E-state index in [2.05, 4.69) is 176 Å². The van der Waals surface area contributed by atoms with Gasteiger partial charge in [-0.25, -0.2) is 15.0 Å². The predicted octanol–water partition coefficient (Wildman–Crippen LogP) is 14.7. The second-order valence-electron chi connectivity index (χ2n) is 15.1. The topological polar surface area (TPSA) is 51.8 Å². The van der Waals surface area contributed by atoms with Crippen LogP contribution in [-0.2, 0) is 0 Å². The van der Waals surface area contributed by atoms with Crippen molar-refractivity contribution in [2.45, 2.75) is 0 Å². The Bertz CT molecular complexity index is 3640. The third-order valence-electron chi connectivity index (χ3n) is 11.7. The van der Waals surface area contributed by atoms with Gasteiger partial charge in [0.2, 0.25) is 0 Å². The number of fused-ring (bicyclic) bond motifs is 8. The van der Waals surface area contributed by atoms with Crippen molar-refractivity contribution in [2.24, 2.45) is 0 Å². The Morgan fingerprint density at radius 3 is 1.66 bits per heavy atom. The molecule has 2 heterocycles. The fraction of sp³-hybridized carbons (Fsp3) is 0. The number of benzene rings is 10. The Kier molecular flexibility index (Phi) is 7.50. The van der Waals surface area contributed by atoms with Gasteiger partial charge in [-0.2, -0.15) is 0 Å². The van der Waals surface area contributed by atoms with Crippen molar-refractivity contribution in [1.82, 2.24) is 15.0 Å². The van der Waals surface area contributed by atoms with E-state index in [1.54, 1.807) is 0 Å². The first kappa shape index (κ1) is 33.2. The van der Waals surface area contributed by atoms with Gasteiger partial charge >= 0.3 is 0 Å². The molecule has 2 aromatic heterocycles. The molecule has 10 aromatic carbocycles. The van der Waals surface area contributed by atoms with Gasteiger partial charge in [0.15, 0.2) is 17.5 Å². The molecule has 0 amide bonds. The summed E-state index contributed by atoms with van der Waals surface area (Å²) in [5.41, 5.74) is 8.82. The van der Waals surface area contributed by atoms with Gasteiger partial charge in [0.05, 0.1) is 5.56 Å². The summed E-state index contributed by atoms with van der Waals surface area (Å²) in [4.78, 5) is 15.9. The van der Waals surface area contributed by atoms with Crippen LogP contribution in [0.4, 0.5) is 0 Å². The van der Waals surface area contributed by atoms with Crippen LogP contribution in [0.1, 0.15) is 0 Å². The second-order valence-corrected chi connectivity index (χ2v) is 15.1. The SMILES string of the molecule is c1cc(-c2nc(-c3ccc(-c4ccc5ccccc5c4)c4ccccc34)nc(-c3cccc4c3oc3ccccc34)n2)cc(-c2cc3ccccc3c3ccccc23)c1. The van der Waals surface area contributed by atoms with Gasteiger partial charge in [-0.3, -0.25) is 0 Å². The Morgan fingerprint density at radius 2 is 0.831 bits per heavy atom. The fourth-order valence-corrected chi connectivity index (χ4v) is 8.89. The number of hydrogen-bond donors (Lipinski definition) is 0. The van der Waals surface area contributed by atoms with E-state index < -0.39 is 0 Å². The van der Waals surface area contributed by atoms with Crippen molar-refractivity contribution in [1.29, 1.82) is 0 Å². The van der Waals surface area contributed by atoms with Crippen molar-refractivity contribution in [3.05, 3.63) is 200 Å². The summed E-state index contributed by atoms with van der Waals surface area (Å²) in [5, 5.41) is 11.6. The molecule has 0 aliphatic heterocycles. The Balaban J connectivity index is 1.08. The molecule has 0 aliphatic carbocycles. The summed E-state index contributed by atoms with van der Waals surface area (Å²) in [6.07, 6.45) is 0. The Hall–Kier alpha value is -7.95. The van der Waals surface area contributed by atoms with Crippen LogP contribution in [0.3, 0.4) is 0 Å². The summed E-state index contributed by atoms with van der Waals surface area (Å²) in [6.45, 7) is 0. The summed E-state index contributed by atoms with van der Waals surface area (Å²) in [7, 11) is 0. The molecule has 0 N–H and O–H groups in total. The first-order chi connectivity index (χ1) is 29.2. The third kappa shape index (κ3) is 5.49. The molecule has 4 nitrogen and oxygen atoms in total. The maximum absolute atomic E-state index is 6.55. The highest BCUT2D eigenvalue weighted by Crippen LogP contribution is 2.40. The van der Waals surface area contributed by atoms with Gasteiger partial charge in [0.25, 0.3) is 0 Å². The maximum Gasteiger partial charge on any atom is 0.167 e. The van der Waals surface area contributed by atoms with E-state index in [-0.39, 0.29) is 0 Å². The van der Waals surface area contributed by atoms with E-state index in [1.165, 1.54) is 32.3 Å². The predicted molar refractivity (Wildman–Crippen MR) is 244 cm³/mol. The lowest BCUT2D eigenvalue weighted by Crippen LogP contribution is -2.01. The number of para-hydroxylation sites is 2. The van der Waals surface area contributed by atoms with E-state index in [0.717, 1.165) is 71.7 Å². The summed E-state index contributed by atoms with van der Waals surface area (Å²) < 4.78 is 6.55. The number of aromatic nitrogens is 3. The van der Waals surface area contributed by atoms with Crippen molar-refractivity contribution in [3.63, 3.8) is 0 Å². The lowest BCUT2D eigenvalue weighted by atomic mass is 9.92. The van der Waals surface area contributed by atoms with Crippen molar-refractivity contribution in [2.75, 3.05) is 0 Å². The van der Waals surface area contributed by atoms with Crippen LogP contribution in [0.15, 0.2) is 205 Å². The zero-order valence-corrected chi connectivity index (χ0v) is 31.8. The van der Waals surface area contributed by atoms with E-state index in [4.69, 9.17) is 19.4 Å². The molecule has 59 heavy (non-hydrogen) atoms. The molecule has 0 spiro atoms. The molecule has 12 rings (SSSR count). The van der Waals surface area contributed by atoms with Crippen LogP contribution in [0.25, 0.3) is 121 Å². The molecule has 0 atom stereocenters. The highest BCUT2D eigenvalue weighted by atomic mass is 16.3. The van der Waals surface area contributed by atoms with Crippen molar-refractivity contribution >= 4 is 65.0 Å². The van der Waals surface area contributed by atoms with Crippen LogP contribution >= 0.6 is 0 Å². The second kappa shape index (κ2) is 13.3. The minimum atomic E-state index is 0.555.